The molecule has 0 unspecified atom stereocenters. The average molecular weight is 253 g/mol. The molecule has 0 spiro atoms. The third-order valence-electron chi connectivity index (χ3n) is 3.37. The van der Waals surface area contributed by atoms with Gasteiger partial charge in [0.05, 0.1) is 5.57 Å². The van der Waals surface area contributed by atoms with Crippen molar-refractivity contribution in [3.05, 3.63) is 58.8 Å². The topological polar surface area (TPSA) is 53.1 Å². The zero-order valence-corrected chi connectivity index (χ0v) is 11.3. The number of nitrogens with two attached hydrogens (primary N) is 1. The lowest BCUT2D eigenvalue weighted by Gasteiger charge is -2.26. The van der Waals surface area contributed by atoms with E-state index >= 15 is 0 Å². The van der Waals surface area contributed by atoms with E-state index in [2.05, 4.69) is 41.3 Å². The molecule has 19 heavy (non-hydrogen) atoms. The summed E-state index contributed by atoms with van der Waals surface area (Å²) in [7, 11) is 0. The van der Waals surface area contributed by atoms with Gasteiger partial charge in [0.25, 0.3) is 0 Å². The molecule has 0 saturated heterocycles. The lowest BCUT2D eigenvalue weighted by atomic mass is 9.98. The second-order valence-corrected chi connectivity index (χ2v) is 4.87. The molecule has 0 amide bonds. The molecule has 98 valence electrons. The molecule has 0 aliphatic carbocycles. The third-order valence-corrected chi connectivity index (χ3v) is 3.37. The quantitative estimate of drug-likeness (QED) is 0.842. The van der Waals surface area contributed by atoms with Crippen LogP contribution in [0.15, 0.2) is 53.3 Å². The summed E-state index contributed by atoms with van der Waals surface area (Å²) in [6.45, 7) is 4.59. The standard InChI is InChI=1S/C16H19N3/c1-13(18)16(11-17)15-7-9-19(10-8-15)12-14-5-3-2-4-6-14/h2-7H,8-10,12,18H2,1H3/b16-13-. The van der Waals surface area contributed by atoms with E-state index in [1.165, 1.54) is 5.56 Å². The summed E-state index contributed by atoms with van der Waals surface area (Å²) in [5.41, 5.74) is 9.42. The van der Waals surface area contributed by atoms with Crippen molar-refractivity contribution in [1.29, 1.82) is 5.26 Å². The van der Waals surface area contributed by atoms with Gasteiger partial charge in [0.15, 0.2) is 0 Å². The first-order chi connectivity index (χ1) is 9.20. The fourth-order valence-electron chi connectivity index (χ4n) is 2.34. The van der Waals surface area contributed by atoms with Crippen LogP contribution in [0.5, 0.6) is 0 Å². The Labute approximate surface area is 114 Å². The van der Waals surface area contributed by atoms with Crippen molar-refractivity contribution in [2.24, 2.45) is 5.73 Å². The van der Waals surface area contributed by atoms with Gasteiger partial charge in [-0.1, -0.05) is 36.4 Å². The lowest BCUT2D eigenvalue weighted by molar-refractivity contribution is 0.287. The summed E-state index contributed by atoms with van der Waals surface area (Å²) >= 11 is 0. The van der Waals surface area contributed by atoms with E-state index in [0.29, 0.717) is 11.3 Å². The second kappa shape index (κ2) is 6.21. The fraction of sp³-hybridized carbons (Fsp3) is 0.312. The first-order valence-corrected chi connectivity index (χ1v) is 6.53. The van der Waals surface area contributed by atoms with Crippen molar-refractivity contribution in [3.63, 3.8) is 0 Å². The van der Waals surface area contributed by atoms with Crippen molar-refractivity contribution in [3.8, 4) is 6.07 Å². The maximum atomic E-state index is 9.11. The van der Waals surface area contributed by atoms with Crippen LogP contribution in [-0.4, -0.2) is 18.0 Å². The van der Waals surface area contributed by atoms with Crippen LogP contribution in [0, 0.1) is 11.3 Å². The molecule has 2 N–H and O–H groups in total. The molecular formula is C16H19N3. The van der Waals surface area contributed by atoms with Gasteiger partial charge in [-0.05, 0) is 24.5 Å². The Kier molecular flexibility index (Phi) is 4.38. The minimum atomic E-state index is 0.616. The molecule has 1 aromatic rings. The van der Waals surface area contributed by atoms with Gasteiger partial charge in [0, 0.05) is 25.3 Å². The molecule has 0 aromatic heterocycles. The SMILES string of the molecule is C/C(N)=C(\C#N)C1=CCN(Cc2ccccc2)CC1. The van der Waals surface area contributed by atoms with Crippen LogP contribution < -0.4 is 5.73 Å². The first-order valence-electron chi connectivity index (χ1n) is 6.53. The third kappa shape index (κ3) is 3.46. The summed E-state index contributed by atoms with van der Waals surface area (Å²) in [6.07, 6.45) is 3.02. The van der Waals surface area contributed by atoms with Crippen molar-refractivity contribution >= 4 is 0 Å². The Bertz CT molecular complexity index is 531. The Morgan fingerprint density at radius 1 is 1.37 bits per heavy atom. The molecule has 1 aliphatic rings. The number of nitrogens with zero attached hydrogens (tertiary/aromatic N) is 2. The highest BCUT2D eigenvalue weighted by atomic mass is 15.1. The minimum absolute atomic E-state index is 0.616. The van der Waals surface area contributed by atoms with Crippen LogP contribution in [0.1, 0.15) is 18.9 Å². The molecule has 0 radical (unpaired) electrons. The molecule has 3 heteroatoms. The highest BCUT2D eigenvalue weighted by Crippen LogP contribution is 2.21. The molecule has 2 rings (SSSR count). The van der Waals surface area contributed by atoms with Gasteiger partial charge >= 0.3 is 0 Å². The van der Waals surface area contributed by atoms with Crippen LogP contribution in [-0.2, 0) is 6.54 Å². The number of nitriles is 1. The van der Waals surface area contributed by atoms with Crippen molar-refractivity contribution in [2.45, 2.75) is 19.9 Å². The van der Waals surface area contributed by atoms with Crippen LogP contribution in [0.2, 0.25) is 0 Å². The zero-order valence-electron chi connectivity index (χ0n) is 11.3. The van der Waals surface area contributed by atoms with Crippen LogP contribution in [0.25, 0.3) is 0 Å². The van der Waals surface area contributed by atoms with E-state index in [-0.39, 0.29) is 0 Å². The van der Waals surface area contributed by atoms with Crippen molar-refractivity contribution in [2.75, 3.05) is 13.1 Å². The summed E-state index contributed by atoms with van der Waals surface area (Å²) < 4.78 is 0. The number of benzene rings is 1. The van der Waals surface area contributed by atoms with Crippen molar-refractivity contribution < 1.29 is 0 Å². The summed E-state index contributed by atoms with van der Waals surface area (Å²) in [5.74, 6) is 0. The maximum absolute atomic E-state index is 9.11. The van der Waals surface area contributed by atoms with Gasteiger partial charge in [-0.2, -0.15) is 5.26 Å². The zero-order chi connectivity index (χ0) is 13.7. The first kappa shape index (κ1) is 13.4. The molecule has 0 atom stereocenters. The van der Waals surface area contributed by atoms with E-state index in [0.717, 1.165) is 31.6 Å². The largest absolute Gasteiger partial charge is 0.401 e. The van der Waals surface area contributed by atoms with Gasteiger partial charge in [-0.25, -0.2) is 0 Å². The Balaban J connectivity index is 2.01. The summed E-state index contributed by atoms with van der Waals surface area (Å²) in [6, 6.07) is 12.7. The van der Waals surface area contributed by atoms with E-state index in [9.17, 15) is 0 Å². The van der Waals surface area contributed by atoms with Crippen LogP contribution in [0.4, 0.5) is 0 Å². The Morgan fingerprint density at radius 2 is 2.11 bits per heavy atom. The number of allylic oxidation sites excluding steroid dienone is 2. The minimum Gasteiger partial charge on any atom is -0.401 e. The fourth-order valence-corrected chi connectivity index (χ4v) is 2.34. The summed E-state index contributed by atoms with van der Waals surface area (Å²) in [4.78, 5) is 2.37. The second-order valence-electron chi connectivity index (χ2n) is 4.87. The molecule has 0 saturated carbocycles. The van der Waals surface area contributed by atoms with Crippen LogP contribution >= 0.6 is 0 Å². The monoisotopic (exact) mass is 253 g/mol. The van der Waals surface area contributed by atoms with Gasteiger partial charge in [-0.15, -0.1) is 0 Å². The molecule has 1 aliphatic heterocycles. The highest BCUT2D eigenvalue weighted by Gasteiger charge is 2.15. The predicted molar refractivity (Wildman–Crippen MR) is 76.9 cm³/mol. The van der Waals surface area contributed by atoms with Crippen molar-refractivity contribution in [1.82, 2.24) is 4.90 Å². The van der Waals surface area contributed by atoms with Gasteiger partial charge in [0.2, 0.25) is 0 Å². The molecule has 0 fully saturated rings. The molecule has 3 nitrogen and oxygen atoms in total. The number of rotatable bonds is 3. The lowest BCUT2D eigenvalue weighted by Crippen LogP contribution is -2.28. The molecule has 1 heterocycles. The van der Waals surface area contributed by atoms with E-state index in [1.54, 1.807) is 6.92 Å². The normalized spacial score (nSPS) is 17.4. The van der Waals surface area contributed by atoms with Gasteiger partial charge in [0.1, 0.15) is 6.07 Å². The maximum Gasteiger partial charge on any atom is 0.101 e. The number of hydrogen-bond acceptors (Lipinski definition) is 3. The molecule has 0 bridgehead atoms. The van der Waals surface area contributed by atoms with E-state index in [1.807, 2.05) is 6.07 Å². The van der Waals surface area contributed by atoms with Gasteiger partial charge < -0.3 is 5.73 Å². The molecule has 1 aromatic carbocycles. The van der Waals surface area contributed by atoms with E-state index in [4.69, 9.17) is 11.0 Å². The Morgan fingerprint density at radius 3 is 2.63 bits per heavy atom. The predicted octanol–water partition coefficient (Wildman–Crippen LogP) is 2.57. The highest BCUT2D eigenvalue weighted by molar-refractivity contribution is 5.45. The molecular weight excluding hydrogens is 234 g/mol. The smallest absolute Gasteiger partial charge is 0.101 e. The van der Waals surface area contributed by atoms with Gasteiger partial charge in [-0.3, -0.25) is 4.90 Å². The average Bonchev–Trinajstić information content (AvgIpc) is 2.42. The Hall–Kier alpha value is -2.05. The number of hydrogen-bond donors (Lipinski definition) is 1. The van der Waals surface area contributed by atoms with E-state index < -0.39 is 0 Å². The summed E-state index contributed by atoms with van der Waals surface area (Å²) in [5, 5.41) is 9.11. The van der Waals surface area contributed by atoms with Crippen LogP contribution in [0.3, 0.4) is 0 Å².